The Kier molecular flexibility index (Phi) is 11.1. The minimum absolute atomic E-state index is 0.000776. The molecular formula is C25H36O7SSi. The van der Waals surface area contributed by atoms with Crippen LogP contribution in [-0.2, 0) is 33.7 Å². The van der Waals surface area contributed by atoms with Crippen molar-refractivity contribution in [2.45, 2.75) is 69.8 Å². The Balaban J connectivity index is 2.93. The third-order valence-corrected chi connectivity index (χ3v) is 8.24. The number of esters is 2. The zero-order chi connectivity index (χ0) is 26.1. The number of methoxy groups -OCH3 is 1. The van der Waals surface area contributed by atoms with Crippen molar-refractivity contribution in [3.63, 3.8) is 0 Å². The average molecular weight is 509 g/mol. The summed E-state index contributed by atoms with van der Waals surface area (Å²) in [4.78, 5) is 36.1. The first-order valence-electron chi connectivity index (χ1n) is 11.2. The second-order valence-corrected chi connectivity index (χ2v) is 17.0. The molecule has 2 unspecified atom stereocenters. The summed E-state index contributed by atoms with van der Waals surface area (Å²) in [5.41, 5.74) is 0.606. The maximum absolute atomic E-state index is 13.0. The number of carbonyl (C=O) groups is 3. The van der Waals surface area contributed by atoms with E-state index in [1.807, 2.05) is 0 Å². The molecule has 34 heavy (non-hydrogen) atoms. The van der Waals surface area contributed by atoms with Gasteiger partial charge < -0.3 is 9.47 Å². The van der Waals surface area contributed by atoms with Gasteiger partial charge in [-0.05, 0) is 42.5 Å². The lowest BCUT2D eigenvalue weighted by molar-refractivity contribution is -0.150. The Hall–Kier alpha value is -2.52. The molecule has 0 fully saturated rings. The van der Waals surface area contributed by atoms with Gasteiger partial charge in [0.1, 0.15) is 0 Å². The summed E-state index contributed by atoms with van der Waals surface area (Å²) in [6.45, 7) is 13.4. The molecule has 0 N–H and O–H groups in total. The lowest BCUT2D eigenvalue weighted by Crippen LogP contribution is -2.32. The van der Waals surface area contributed by atoms with E-state index in [-0.39, 0.29) is 23.0 Å². The number of sulfone groups is 1. The van der Waals surface area contributed by atoms with Gasteiger partial charge in [-0.25, -0.2) is 13.2 Å². The number of rotatable bonds is 13. The monoisotopic (exact) mass is 508 g/mol. The van der Waals surface area contributed by atoms with Crippen molar-refractivity contribution < 1.29 is 32.3 Å². The first kappa shape index (κ1) is 29.5. The molecule has 0 aliphatic rings. The number of ketones is 1. The topological polar surface area (TPSA) is 104 Å². The van der Waals surface area contributed by atoms with Crippen LogP contribution in [0, 0.1) is 5.92 Å². The van der Waals surface area contributed by atoms with E-state index < -0.39 is 40.9 Å². The average Bonchev–Trinajstić information content (AvgIpc) is 2.74. The van der Waals surface area contributed by atoms with E-state index in [4.69, 9.17) is 9.47 Å². The second-order valence-electron chi connectivity index (χ2n) is 9.56. The van der Waals surface area contributed by atoms with Crippen molar-refractivity contribution in [1.29, 1.82) is 0 Å². The second kappa shape index (κ2) is 12.8. The van der Waals surface area contributed by atoms with Crippen LogP contribution in [0.3, 0.4) is 0 Å². The Bertz CT molecular complexity index is 1020. The molecule has 7 nitrogen and oxygen atoms in total. The van der Waals surface area contributed by atoms with Crippen LogP contribution in [0.25, 0.3) is 0 Å². The Labute approximate surface area is 204 Å². The van der Waals surface area contributed by atoms with Crippen LogP contribution in [0.15, 0.2) is 58.4 Å². The van der Waals surface area contributed by atoms with Crippen molar-refractivity contribution in [1.82, 2.24) is 0 Å². The van der Waals surface area contributed by atoms with Crippen molar-refractivity contribution in [2.24, 2.45) is 5.92 Å². The molecule has 1 aromatic carbocycles. The van der Waals surface area contributed by atoms with E-state index >= 15 is 0 Å². The molecular weight excluding hydrogens is 472 g/mol. The van der Waals surface area contributed by atoms with Crippen molar-refractivity contribution in [2.75, 3.05) is 7.11 Å². The third kappa shape index (κ3) is 9.38. The molecule has 2 atom stereocenters. The van der Waals surface area contributed by atoms with Gasteiger partial charge >= 0.3 is 11.9 Å². The highest BCUT2D eigenvalue weighted by atomic mass is 32.2. The van der Waals surface area contributed by atoms with Crippen LogP contribution in [0.5, 0.6) is 0 Å². The number of allylic oxidation sites excluding steroid dienone is 1. The molecule has 188 valence electrons. The quantitative estimate of drug-likeness (QED) is 0.164. The summed E-state index contributed by atoms with van der Waals surface area (Å²) in [7, 11) is -4.48. The van der Waals surface area contributed by atoms with Gasteiger partial charge in [-0.1, -0.05) is 57.4 Å². The third-order valence-electron chi connectivity index (χ3n) is 4.95. The molecule has 1 aromatic rings. The fourth-order valence-corrected chi connectivity index (χ4v) is 6.51. The molecule has 0 amide bonds. The zero-order valence-corrected chi connectivity index (χ0v) is 22.7. The van der Waals surface area contributed by atoms with Crippen LogP contribution in [0.4, 0.5) is 0 Å². The minimum atomic E-state index is -4.05. The standard InChI is InChI=1S/C25H36O7SSi/c1-18(16-23(25(28)31-4)33(29,30)21-13-9-8-10-14-21)12-11-15-22(27)24(32-20(3)26)19(2)17-34(5,6)7/h8-10,13-14,16,18,24H,2,11-12,15,17H2,1,3-7H3/b23-16+. The van der Waals surface area contributed by atoms with E-state index in [2.05, 4.69) is 26.2 Å². The number of carbonyl (C=O) groups excluding carboxylic acids is 3. The smallest absolute Gasteiger partial charge is 0.349 e. The maximum atomic E-state index is 13.0. The van der Waals surface area contributed by atoms with Gasteiger partial charge in [0.05, 0.1) is 12.0 Å². The highest BCUT2D eigenvalue weighted by molar-refractivity contribution is 7.96. The summed E-state index contributed by atoms with van der Waals surface area (Å²) in [6.07, 6.45) is 1.41. The lowest BCUT2D eigenvalue weighted by Gasteiger charge is -2.23. The maximum Gasteiger partial charge on any atom is 0.349 e. The Morgan fingerprint density at radius 3 is 2.21 bits per heavy atom. The van der Waals surface area contributed by atoms with Crippen molar-refractivity contribution in [3.8, 4) is 0 Å². The minimum Gasteiger partial charge on any atom is -0.465 e. The predicted molar refractivity (Wildman–Crippen MR) is 135 cm³/mol. The highest BCUT2D eigenvalue weighted by Gasteiger charge is 2.30. The number of Topliss-reactive ketones (excluding diaryl/α,β-unsaturated/α-hetero) is 1. The summed E-state index contributed by atoms with van der Waals surface area (Å²) in [5, 5.41) is 0. The van der Waals surface area contributed by atoms with Gasteiger partial charge in [-0.15, -0.1) is 0 Å². The molecule has 0 saturated heterocycles. The van der Waals surface area contributed by atoms with Gasteiger partial charge in [-0.2, -0.15) is 0 Å². The van der Waals surface area contributed by atoms with Gasteiger partial charge in [0.15, 0.2) is 16.8 Å². The molecule has 0 spiro atoms. The van der Waals surface area contributed by atoms with Crippen LogP contribution >= 0.6 is 0 Å². The molecule has 0 radical (unpaired) electrons. The van der Waals surface area contributed by atoms with E-state index in [0.717, 1.165) is 7.11 Å². The van der Waals surface area contributed by atoms with E-state index in [1.165, 1.54) is 25.1 Å². The number of benzene rings is 1. The SMILES string of the molecule is C=C(C[Si](C)(C)C)C(OC(C)=O)C(=O)CCCC(C)/C=C(\C(=O)OC)S(=O)(=O)c1ccccc1. The van der Waals surface area contributed by atoms with Gasteiger partial charge in [0, 0.05) is 21.4 Å². The summed E-state index contributed by atoms with van der Waals surface area (Å²) in [6, 6.07) is 8.33. The summed E-state index contributed by atoms with van der Waals surface area (Å²) >= 11 is 0. The number of ether oxygens (including phenoxy) is 2. The predicted octanol–water partition coefficient (Wildman–Crippen LogP) is 4.72. The lowest BCUT2D eigenvalue weighted by atomic mass is 9.99. The van der Waals surface area contributed by atoms with Crippen LogP contribution in [-0.4, -0.2) is 47.4 Å². The van der Waals surface area contributed by atoms with E-state index in [9.17, 15) is 22.8 Å². The number of hydrogen-bond donors (Lipinski definition) is 0. The normalized spacial score (nSPS) is 14.1. The molecule has 0 saturated carbocycles. The molecule has 0 aromatic heterocycles. The van der Waals surface area contributed by atoms with Crippen molar-refractivity contribution >= 4 is 35.6 Å². The Morgan fingerprint density at radius 2 is 1.71 bits per heavy atom. The first-order chi connectivity index (χ1) is 15.7. The summed E-state index contributed by atoms with van der Waals surface area (Å²) in [5.74, 6) is -2.04. The molecule has 0 heterocycles. The molecule has 0 aliphatic heterocycles. The zero-order valence-electron chi connectivity index (χ0n) is 20.9. The first-order valence-corrected chi connectivity index (χ1v) is 16.4. The van der Waals surface area contributed by atoms with E-state index in [0.29, 0.717) is 24.5 Å². The largest absolute Gasteiger partial charge is 0.465 e. The van der Waals surface area contributed by atoms with Crippen LogP contribution in [0.1, 0.15) is 33.1 Å². The Morgan fingerprint density at radius 1 is 1.12 bits per heavy atom. The van der Waals surface area contributed by atoms with Crippen LogP contribution in [0.2, 0.25) is 25.7 Å². The van der Waals surface area contributed by atoms with Crippen molar-refractivity contribution in [3.05, 3.63) is 53.5 Å². The molecule has 9 heteroatoms. The fraction of sp³-hybridized carbons (Fsp3) is 0.480. The van der Waals surface area contributed by atoms with Gasteiger partial charge in [0.25, 0.3) is 0 Å². The van der Waals surface area contributed by atoms with E-state index in [1.54, 1.807) is 25.1 Å². The van der Waals surface area contributed by atoms with Crippen LogP contribution < -0.4 is 0 Å². The van der Waals surface area contributed by atoms with Gasteiger partial charge in [0.2, 0.25) is 9.84 Å². The summed E-state index contributed by atoms with van der Waals surface area (Å²) < 4.78 is 35.9. The number of hydrogen-bond acceptors (Lipinski definition) is 7. The molecule has 0 aliphatic carbocycles. The highest BCUT2D eigenvalue weighted by Crippen LogP contribution is 2.25. The van der Waals surface area contributed by atoms with Gasteiger partial charge in [-0.3, -0.25) is 9.59 Å². The molecule has 1 rings (SSSR count). The fourth-order valence-electron chi connectivity index (χ4n) is 3.48. The molecule has 0 bridgehead atoms.